The summed E-state index contributed by atoms with van der Waals surface area (Å²) < 4.78 is 5.39. The number of likely N-dealkylation sites (N-methyl/N-ethyl adjacent to an activating group) is 1. The zero-order valence-corrected chi connectivity index (χ0v) is 12.4. The molecule has 1 heterocycles. The molecule has 18 heavy (non-hydrogen) atoms. The first-order valence-electron chi connectivity index (χ1n) is 6.95. The molecule has 1 aliphatic rings. The van der Waals surface area contributed by atoms with Crippen molar-refractivity contribution in [2.24, 2.45) is 17.3 Å². The van der Waals surface area contributed by atoms with Gasteiger partial charge in [-0.05, 0) is 17.9 Å². The lowest BCUT2D eigenvalue weighted by atomic mass is 9.82. The number of carbonyl (C=O) groups is 1. The molecule has 106 valence electrons. The van der Waals surface area contributed by atoms with Crippen LogP contribution in [0.5, 0.6) is 0 Å². The molecule has 0 aromatic carbocycles. The summed E-state index contributed by atoms with van der Waals surface area (Å²) in [4.78, 5) is 12.1. The number of amides is 1. The minimum atomic E-state index is -0.0443. The van der Waals surface area contributed by atoms with Gasteiger partial charge in [0.1, 0.15) is 0 Å². The fraction of sp³-hybridized carbons (Fsp3) is 0.929. The second-order valence-corrected chi connectivity index (χ2v) is 6.32. The average molecular weight is 256 g/mol. The zero-order chi connectivity index (χ0) is 13.8. The molecule has 0 aliphatic carbocycles. The van der Waals surface area contributed by atoms with Gasteiger partial charge in [-0.2, -0.15) is 0 Å². The SMILES string of the molecule is CCNC1COCC1C(=O)NCC(C)C(C)(C)C. The van der Waals surface area contributed by atoms with Crippen LogP contribution in [0, 0.1) is 17.3 Å². The molecule has 0 aromatic rings. The summed E-state index contributed by atoms with van der Waals surface area (Å²) in [6.07, 6.45) is 0. The quantitative estimate of drug-likeness (QED) is 0.782. The summed E-state index contributed by atoms with van der Waals surface area (Å²) in [7, 11) is 0. The van der Waals surface area contributed by atoms with Gasteiger partial charge in [0.25, 0.3) is 0 Å². The Kier molecular flexibility index (Phi) is 5.60. The molecule has 4 nitrogen and oxygen atoms in total. The smallest absolute Gasteiger partial charge is 0.227 e. The maximum absolute atomic E-state index is 12.1. The summed E-state index contributed by atoms with van der Waals surface area (Å²) in [5.74, 6) is 0.535. The molecule has 0 saturated carbocycles. The van der Waals surface area contributed by atoms with E-state index in [0.717, 1.165) is 13.1 Å². The number of carbonyl (C=O) groups excluding carboxylic acids is 1. The van der Waals surface area contributed by atoms with E-state index in [2.05, 4.69) is 45.3 Å². The third-order valence-electron chi connectivity index (χ3n) is 3.94. The van der Waals surface area contributed by atoms with Crippen molar-refractivity contribution in [1.29, 1.82) is 0 Å². The van der Waals surface area contributed by atoms with E-state index in [1.807, 2.05) is 0 Å². The second-order valence-electron chi connectivity index (χ2n) is 6.32. The van der Waals surface area contributed by atoms with Crippen LogP contribution in [0.15, 0.2) is 0 Å². The lowest BCUT2D eigenvalue weighted by Gasteiger charge is -2.28. The summed E-state index contributed by atoms with van der Waals surface area (Å²) >= 11 is 0. The van der Waals surface area contributed by atoms with E-state index >= 15 is 0 Å². The van der Waals surface area contributed by atoms with Crippen molar-refractivity contribution in [2.75, 3.05) is 26.3 Å². The van der Waals surface area contributed by atoms with Gasteiger partial charge in [-0.15, -0.1) is 0 Å². The van der Waals surface area contributed by atoms with Gasteiger partial charge in [0.15, 0.2) is 0 Å². The Hall–Kier alpha value is -0.610. The summed E-state index contributed by atoms with van der Waals surface area (Å²) in [6.45, 7) is 13.6. The Morgan fingerprint density at radius 2 is 2.06 bits per heavy atom. The number of ether oxygens (including phenoxy) is 1. The minimum absolute atomic E-state index is 0.0443. The van der Waals surface area contributed by atoms with Crippen LogP contribution in [-0.4, -0.2) is 38.3 Å². The van der Waals surface area contributed by atoms with Gasteiger partial charge >= 0.3 is 0 Å². The van der Waals surface area contributed by atoms with E-state index in [9.17, 15) is 4.79 Å². The lowest BCUT2D eigenvalue weighted by molar-refractivity contribution is -0.125. The van der Waals surface area contributed by atoms with Gasteiger partial charge in [0.2, 0.25) is 5.91 Å². The van der Waals surface area contributed by atoms with Crippen molar-refractivity contribution in [3.05, 3.63) is 0 Å². The van der Waals surface area contributed by atoms with Crippen LogP contribution in [0.4, 0.5) is 0 Å². The zero-order valence-electron chi connectivity index (χ0n) is 12.4. The first-order chi connectivity index (χ1) is 8.36. The fourth-order valence-electron chi connectivity index (χ4n) is 1.97. The molecular formula is C14H28N2O2. The van der Waals surface area contributed by atoms with Crippen LogP contribution in [0.2, 0.25) is 0 Å². The predicted octanol–water partition coefficient (Wildman–Crippen LogP) is 1.41. The number of rotatable bonds is 5. The molecular weight excluding hydrogens is 228 g/mol. The van der Waals surface area contributed by atoms with Crippen molar-refractivity contribution in [3.8, 4) is 0 Å². The maximum Gasteiger partial charge on any atom is 0.227 e. The Bertz CT molecular complexity index is 273. The van der Waals surface area contributed by atoms with Crippen LogP contribution < -0.4 is 10.6 Å². The number of hydrogen-bond acceptors (Lipinski definition) is 3. The molecule has 4 heteroatoms. The first kappa shape index (κ1) is 15.4. The molecule has 1 rings (SSSR count). The Labute approximate surface area is 111 Å². The van der Waals surface area contributed by atoms with Gasteiger partial charge in [0.05, 0.1) is 19.1 Å². The third kappa shape index (κ3) is 4.25. The topological polar surface area (TPSA) is 50.4 Å². The van der Waals surface area contributed by atoms with Gasteiger partial charge in [0, 0.05) is 12.6 Å². The summed E-state index contributed by atoms with van der Waals surface area (Å²) in [5.41, 5.74) is 0.223. The third-order valence-corrected chi connectivity index (χ3v) is 3.94. The van der Waals surface area contributed by atoms with E-state index in [4.69, 9.17) is 4.74 Å². The highest BCUT2D eigenvalue weighted by Gasteiger charge is 2.33. The van der Waals surface area contributed by atoms with Crippen LogP contribution in [0.25, 0.3) is 0 Å². The largest absolute Gasteiger partial charge is 0.379 e. The minimum Gasteiger partial charge on any atom is -0.379 e. The number of nitrogens with one attached hydrogen (secondary N) is 2. The van der Waals surface area contributed by atoms with E-state index in [1.165, 1.54) is 0 Å². The molecule has 0 radical (unpaired) electrons. The molecule has 2 N–H and O–H groups in total. The Balaban J connectivity index is 2.41. The monoisotopic (exact) mass is 256 g/mol. The normalized spacial score (nSPS) is 26.1. The maximum atomic E-state index is 12.1. The van der Waals surface area contributed by atoms with Crippen LogP contribution in [0.3, 0.4) is 0 Å². The van der Waals surface area contributed by atoms with Crippen LogP contribution >= 0.6 is 0 Å². The first-order valence-corrected chi connectivity index (χ1v) is 6.95. The molecule has 1 amide bonds. The predicted molar refractivity (Wildman–Crippen MR) is 73.4 cm³/mol. The number of hydrogen-bond donors (Lipinski definition) is 2. The van der Waals surface area contributed by atoms with Crippen molar-refractivity contribution in [1.82, 2.24) is 10.6 Å². The summed E-state index contributed by atoms with van der Waals surface area (Å²) in [6, 6.07) is 0.167. The van der Waals surface area contributed by atoms with E-state index < -0.39 is 0 Å². The molecule has 1 fully saturated rings. The van der Waals surface area contributed by atoms with Gasteiger partial charge in [-0.1, -0.05) is 34.6 Å². The van der Waals surface area contributed by atoms with Gasteiger partial charge < -0.3 is 15.4 Å². The fourth-order valence-corrected chi connectivity index (χ4v) is 1.97. The van der Waals surface area contributed by atoms with E-state index in [-0.39, 0.29) is 23.3 Å². The highest BCUT2D eigenvalue weighted by atomic mass is 16.5. The molecule has 0 spiro atoms. The van der Waals surface area contributed by atoms with Gasteiger partial charge in [-0.25, -0.2) is 0 Å². The Morgan fingerprint density at radius 3 is 2.61 bits per heavy atom. The van der Waals surface area contributed by atoms with Crippen LogP contribution in [-0.2, 0) is 9.53 Å². The van der Waals surface area contributed by atoms with Crippen molar-refractivity contribution >= 4 is 5.91 Å². The van der Waals surface area contributed by atoms with Crippen molar-refractivity contribution in [2.45, 2.75) is 40.7 Å². The molecule has 3 atom stereocenters. The second kappa shape index (κ2) is 6.53. The lowest BCUT2D eigenvalue weighted by Crippen LogP contribution is -2.45. The average Bonchev–Trinajstić information content (AvgIpc) is 2.72. The van der Waals surface area contributed by atoms with E-state index in [0.29, 0.717) is 19.1 Å². The standard InChI is InChI=1S/C14H28N2O2/c1-6-15-12-9-18-8-11(12)13(17)16-7-10(2)14(3,4)5/h10-12,15H,6-9H2,1-5H3,(H,16,17). The van der Waals surface area contributed by atoms with Crippen molar-refractivity contribution < 1.29 is 9.53 Å². The van der Waals surface area contributed by atoms with E-state index in [1.54, 1.807) is 0 Å². The molecule has 1 aliphatic heterocycles. The molecule has 1 saturated heterocycles. The highest BCUT2D eigenvalue weighted by molar-refractivity contribution is 5.79. The molecule has 0 aromatic heterocycles. The summed E-state index contributed by atoms with van der Waals surface area (Å²) in [5, 5.41) is 6.37. The van der Waals surface area contributed by atoms with Crippen LogP contribution in [0.1, 0.15) is 34.6 Å². The van der Waals surface area contributed by atoms with Gasteiger partial charge in [-0.3, -0.25) is 4.79 Å². The molecule has 3 unspecified atom stereocenters. The molecule has 0 bridgehead atoms. The van der Waals surface area contributed by atoms with Crippen molar-refractivity contribution in [3.63, 3.8) is 0 Å². The Morgan fingerprint density at radius 1 is 1.39 bits per heavy atom. The highest BCUT2D eigenvalue weighted by Crippen LogP contribution is 2.24.